The molecule has 10 heteroatoms. The molecule has 2 heterocycles. The smallest absolute Gasteiger partial charge is 0.232 e. The number of nitrogens with zero attached hydrogens (tertiary/aromatic N) is 3. The summed E-state index contributed by atoms with van der Waals surface area (Å²) in [5.74, 6) is 0.359. The number of aromatic nitrogens is 1. The number of likely N-dealkylation sites (tertiary alicyclic amines) is 1. The zero-order valence-electron chi connectivity index (χ0n) is 14.9. The molecular weight excluding hydrogens is 430 g/mol. The largest absolute Gasteiger partial charge is 0.419 e. The van der Waals surface area contributed by atoms with Crippen LogP contribution in [-0.2, 0) is 4.74 Å². The fourth-order valence-electron chi connectivity index (χ4n) is 2.86. The highest BCUT2D eigenvalue weighted by Crippen LogP contribution is 2.37. The van der Waals surface area contributed by atoms with E-state index in [1.165, 1.54) is 6.07 Å². The topological polar surface area (TPSA) is 74.3 Å². The van der Waals surface area contributed by atoms with Crippen LogP contribution in [0.2, 0.25) is 15.1 Å². The summed E-state index contributed by atoms with van der Waals surface area (Å²) in [6.07, 6.45) is -0.136. The van der Waals surface area contributed by atoms with Gasteiger partial charge in [-0.15, -0.1) is 0 Å². The number of ether oxygens (including phenoxy) is 1. The van der Waals surface area contributed by atoms with Crippen molar-refractivity contribution in [2.75, 3.05) is 44.7 Å². The number of nitrogens with one attached hydrogen (secondary N) is 1. The summed E-state index contributed by atoms with van der Waals surface area (Å²) in [4.78, 5) is 6.18. The molecule has 1 aliphatic heterocycles. The van der Waals surface area contributed by atoms with Crippen molar-refractivity contribution < 1.29 is 13.5 Å². The van der Waals surface area contributed by atoms with Crippen molar-refractivity contribution in [1.29, 1.82) is 5.26 Å². The second kappa shape index (κ2) is 9.77. The molecular formula is C18H18Cl3FN4O2. The van der Waals surface area contributed by atoms with Crippen LogP contribution < -0.4 is 5.32 Å². The predicted octanol–water partition coefficient (Wildman–Crippen LogP) is 4.65. The quantitative estimate of drug-likeness (QED) is 0.469. The minimum atomic E-state index is -0.727. The highest BCUT2D eigenvalue weighted by atomic mass is 35.5. The Morgan fingerprint density at radius 2 is 2.18 bits per heavy atom. The van der Waals surface area contributed by atoms with E-state index >= 15 is 0 Å². The van der Waals surface area contributed by atoms with E-state index in [1.807, 2.05) is 11.0 Å². The molecule has 150 valence electrons. The maximum absolute atomic E-state index is 13.1. The van der Waals surface area contributed by atoms with E-state index in [0.29, 0.717) is 49.9 Å². The highest BCUT2D eigenvalue weighted by molar-refractivity contribution is 6.44. The molecule has 1 saturated heterocycles. The number of hydrogen-bond donors (Lipinski definition) is 1. The second-order valence-electron chi connectivity index (χ2n) is 6.28. The fourth-order valence-corrected chi connectivity index (χ4v) is 3.55. The summed E-state index contributed by atoms with van der Waals surface area (Å²) in [5.41, 5.74) is 0.491. The summed E-state index contributed by atoms with van der Waals surface area (Å²) in [6, 6.07) is 5.04. The van der Waals surface area contributed by atoms with E-state index in [2.05, 4.69) is 10.3 Å². The Bertz CT molecular complexity index is 871. The normalized spacial score (nSPS) is 17.0. The van der Waals surface area contributed by atoms with Crippen molar-refractivity contribution in [1.82, 2.24) is 9.88 Å². The molecule has 1 aromatic carbocycles. The predicted molar refractivity (Wildman–Crippen MR) is 107 cm³/mol. The lowest BCUT2D eigenvalue weighted by Crippen LogP contribution is -2.26. The number of rotatable bonds is 8. The number of hydrogen-bond acceptors (Lipinski definition) is 6. The zero-order chi connectivity index (χ0) is 20.1. The van der Waals surface area contributed by atoms with Crippen LogP contribution >= 0.6 is 34.8 Å². The Morgan fingerprint density at radius 1 is 1.36 bits per heavy atom. The third kappa shape index (κ3) is 5.28. The van der Waals surface area contributed by atoms with Gasteiger partial charge in [0.15, 0.2) is 0 Å². The molecule has 28 heavy (non-hydrogen) atoms. The molecule has 0 spiro atoms. The first-order chi connectivity index (χ1) is 13.5. The van der Waals surface area contributed by atoms with Gasteiger partial charge in [0.2, 0.25) is 17.5 Å². The SMILES string of the molecule is N#Cc1nc(-c2cc(Cl)cc(Cl)c2Cl)oc1NCCOCCN1CCC(F)C1. The molecule has 1 N–H and O–H groups in total. The zero-order valence-corrected chi connectivity index (χ0v) is 17.1. The van der Waals surface area contributed by atoms with Gasteiger partial charge < -0.3 is 14.5 Å². The van der Waals surface area contributed by atoms with Crippen LogP contribution in [0.3, 0.4) is 0 Å². The summed E-state index contributed by atoms with van der Waals surface area (Å²) in [5, 5.41) is 13.1. The van der Waals surface area contributed by atoms with Gasteiger partial charge in [-0.25, -0.2) is 4.39 Å². The van der Waals surface area contributed by atoms with Crippen LogP contribution in [0.25, 0.3) is 11.5 Å². The lowest BCUT2D eigenvalue weighted by molar-refractivity contribution is 0.116. The molecule has 1 atom stereocenters. The van der Waals surface area contributed by atoms with Gasteiger partial charge in [0, 0.05) is 31.2 Å². The van der Waals surface area contributed by atoms with Crippen LogP contribution in [0, 0.1) is 11.3 Å². The lowest BCUT2D eigenvalue weighted by Gasteiger charge is -2.14. The monoisotopic (exact) mass is 446 g/mol. The molecule has 0 bridgehead atoms. The van der Waals surface area contributed by atoms with E-state index in [9.17, 15) is 9.65 Å². The third-order valence-corrected chi connectivity index (χ3v) is 5.28. The minimum Gasteiger partial charge on any atom is -0.419 e. The van der Waals surface area contributed by atoms with E-state index in [0.717, 1.165) is 6.54 Å². The van der Waals surface area contributed by atoms with E-state index < -0.39 is 6.17 Å². The van der Waals surface area contributed by atoms with Gasteiger partial charge in [0.05, 0.1) is 28.8 Å². The number of nitriles is 1. The molecule has 0 saturated carbocycles. The van der Waals surface area contributed by atoms with Crippen molar-refractivity contribution in [3.8, 4) is 17.5 Å². The molecule has 1 aliphatic rings. The number of halogens is 4. The van der Waals surface area contributed by atoms with Crippen molar-refractivity contribution in [3.63, 3.8) is 0 Å². The average Bonchev–Trinajstić information content (AvgIpc) is 3.26. The first kappa shape index (κ1) is 21.2. The molecule has 3 rings (SSSR count). The maximum Gasteiger partial charge on any atom is 0.232 e. The van der Waals surface area contributed by atoms with Gasteiger partial charge >= 0.3 is 0 Å². The Morgan fingerprint density at radius 3 is 2.89 bits per heavy atom. The highest BCUT2D eigenvalue weighted by Gasteiger charge is 2.21. The van der Waals surface area contributed by atoms with E-state index in [1.54, 1.807) is 6.07 Å². The number of anilines is 1. The minimum absolute atomic E-state index is 0.0909. The second-order valence-corrected chi connectivity index (χ2v) is 7.51. The van der Waals surface area contributed by atoms with Gasteiger partial charge in [-0.3, -0.25) is 4.90 Å². The fraction of sp³-hybridized carbons (Fsp3) is 0.444. The van der Waals surface area contributed by atoms with Gasteiger partial charge in [-0.1, -0.05) is 34.8 Å². The molecule has 1 aromatic heterocycles. The molecule has 1 unspecified atom stereocenters. The first-order valence-electron chi connectivity index (χ1n) is 8.72. The van der Waals surface area contributed by atoms with Crippen LogP contribution in [0.1, 0.15) is 12.1 Å². The Balaban J connectivity index is 1.53. The number of benzene rings is 1. The molecule has 0 amide bonds. The number of alkyl halides is 1. The molecule has 2 aromatic rings. The van der Waals surface area contributed by atoms with Crippen molar-refractivity contribution in [2.45, 2.75) is 12.6 Å². The third-order valence-electron chi connectivity index (χ3n) is 4.26. The van der Waals surface area contributed by atoms with Gasteiger partial charge in [0.1, 0.15) is 12.2 Å². The molecule has 0 radical (unpaired) electrons. The molecule has 6 nitrogen and oxygen atoms in total. The maximum atomic E-state index is 13.1. The Kier molecular flexibility index (Phi) is 7.38. The number of oxazole rings is 1. The van der Waals surface area contributed by atoms with Gasteiger partial charge in [-0.2, -0.15) is 10.2 Å². The first-order valence-corrected chi connectivity index (χ1v) is 9.85. The summed E-state index contributed by atoms with van der Waals surface area (Å²) >= 11 is 18.2. The van der Waals surface area contributed by atoms with Crippen LogP contribution in [0.5, 0.6) is 0 Å². The van der Waals surface area contributed by atoms with Crippen molar-refractivity contribution in [2.24, 2.45) is 0 Å². The van der Waals surface area contributed by atoms with Crippen LogP contribution in [0.15, 0.2) is 16.5 Å². The van der Waals surface area contributed by atoms with E-state index in [-0.39, 0.29) is 27.5 Å². The van der Waals surface area contributed by atoms with Crippen LogP contribution in [0.4, 0.5) is 10.3 Å². The summed E-state index contributed by atoms with van der Waals surface area (Å²) in [7, 11) is 0. The molecule has 1 fully saturated rings. The Hall–Kier alpha value is -1.56. The van der Waals surface area contributed by atoms with Crippen molar-refractivity contribution in [3.05, 3.63) is 32.9 Å². The summed E-state index contributed by atoms with van der Waals surface area (Å²) < 4.78 is 24.3. The molecule has 0 aliphatic carbocycles. The van der Waals surface area contributed by atoms with Crippen LogP contribution in [-0.4, -0.2) is 55.4 Å². The van der Waals surface area contributed by atoms with E-state index in [4.69, 9.17) is 44.0 Å². The lowest BCUT2D eigenvalue weighted by atomic mass is 10.2. The summed E-state index contributed by atoms with van der Waals surface area (Å²) in [6.45, 7) is 3.27. The van der Waals surface area contributed by atoms with Gasteiger partial charge in [0.25, 0.3) is 0 Å². The van der Waals surface area contributed by atoms with Crippen molar-refractivity contribution >= 4 is 40.7 Å². The standard InChI is InChI=1S/C18H18Cl3FN4O2/c19-11-7-13(16(21)14(20)8-11)17-25-15(9-23)18(28-17)24-2-5-27-6-4-26-3-1-12(22)10-26/h7-8,12,24H,1-6,10H2. The van der Waals surface area contributed by atoms with Gasteiger partial charge in [-0.05, 0) is 18.6 Å². The Labute approximate surface area is 177 Å². The average molecular weight is 448 g/mol.